The van der Waals surface area contributed by atoms with Crippen molar-refractivity contribution in [3.8, 4) is 0 Å². The van der Waals surface area contributed by atoms with E-state index >= 15 is 0 Å². The van der Waals surface area contributed by atoms with Gasteiger partial charge < -0.3 is 15.4 Å². The number of aryl methyl sites for hydroxylation is 1. The van der Waals surface area contributed by atoms with Crippen LogP contribution < -0.4 is 10.6 Å². The molecule has 4 nitrogen and oxygen atoms in total. The molecule has 1 unspecified atom stereocenters. The highest BCUT2D eigenvalue weighted by molar-refractivity contribution is 5.63. The molecule has 2 rings (SSSR count). The Morgan fingerprint density at radius 2 is 2.38 bits per heavy atom. The lowest BCUT2D eigenvalue weighted by Gasteiger charge is -2.24. The van der Waals surface area contributed by atoms with E-state index in [1.165, 1.54) is 0 Å². The fourth-order valence-corrected chi connectivity index (χ4v) is 2.04. The summed E-state index contributed by atoms with van der Waals surface area (Å²) in [6, 6.07) is 1.97. The minimum Gasteiger partial charge on any atom is -0.396 e. The van der Waals surface area contributed by atoms with Crippen LogP contribution in [0.15, 0.2) is 12.3 Å². The Morgan fingerprint density at radius 3 is 3.12 bits per heavy atom. The highest BCUT2D eigenvalue weighted by Crippen LogP contribution is 2.22. The lowest BCUT2D eigenvalue weighted by molar-refractivity contribution is 0.0820. The average molecular weight is 221 g/mol. The Balaban J connectivity index is 2.21. The van der Waals surface area contributed by atoms with Gasteiger partial charge in [0.25, 0.3) is 0 Å². The van der Waals surface area contributed by atoms with Gasteiger partial charge in [-0.2, -0.15) is 0 Å². The fourth-order valence-electron chi connectivity index (χ4n) is 2.04. The molecule has 0 aromatic carbocycles. The first-order chi connectivity index (χ1) is 7.66. The molecule has 0 spiro atoms. The van der Waals surface area contributed by atoms with Crippen molar-refractivity contribution < 1.29 is 4.74 Å². The molecule has 1 aromatic rings. The van der Waals surface area contributed by atoms with Crippen LogP contribution in [-0.2, 0) is 4.74 Å². The van der Waals surface area contributed by atoms with Crippen LogP contribution in [0.3, 0.4) is 0 Å². The Hall–Kier alpha value is -1.29. The molecule has 1 atom stereocenters. The molecule has 2 heterocycles. The fraction of sp³-hybridized carbons (Fsp3) is 0.583. The van der Waals surface area contributed by atoms with E-state index in [0.29, 0.717) is 0 Å². The number of rotatable bonds is 1. The zero-order valence-electron chi connectivity index (χ0n) is 9.94. The summed E-state index contributed by atoms with van der Waals surface area (Å²) in [5.74, 6) is 0.892. The SMILES string of the molecule is Cc1cnc(N2CCCOC(C)C2)c(N)c1. The largest absolute Gasteiger partial charge is 0.396 e. The third-order valence-corrected chi connectivity index (χ3v) is 2.78. The minimum absolute atomic E-state index is 0.241. The first kappa shape index (κ1) is 11.2. The Labute approximate surface area is 96.4 Å². The standard InChI is InChI=1S/C12H19N3O/c1-9-6-11(13)12(14-7-9)15-4-3-5-16-10(2)8-15/h6-7,10H,3-5,8,13H2,1-2H3. The summed E-state index contributed by atoms with van der Waals surface area (Å²) in [7, 11) is 0. The second kappa shape index (κ2) is 4.70. The number of nitrogens with two attached hydrogens (primary N) is 1. The van der Waals surface area contributed by atoms with Crippen molar-refractivity contribution in [3.05, 3.63) is 17.8 Å². The normalized spacial score (nSPS) is 21.9. The summed E-state index contributed by atoms with van der Waals surface area (Å²) in [4.78, 5) is 6.64. The van der Waals surface area contributed by atoms with E-state index in [1.54, 1.807) is 0 Å². The first-order valence-corrected chi connectivity index (χ1v) is 5.75. The summed E-state index contributed by atoms with van der Waals surface area (Å²) < 4.78 is 5.61. The maximum atomic E-state index is 6.00. The van der Waals surface area contributed by atoms with Gasteiger partial charge in [0.05, 0.1) is 11.8 Å². The van der Waals surface area contributed by atoms with E-state index in [1.807, 2.05) is 19.2 Å². The summed E-state index contributed by atoms with van der Waals surface area (Å²) in [5, 5.41) is 0. The molecule has 88 valence electrons. The van der Waals surface area contributed by atoms with Gasteiger partial charge in [0.1, 0.15) is 0 Å². The van der Waals surface area contributed by atoms with Gasteiger partial charge in [-0.3, -0.25) is 0 Å². The Bertz CT molecular complexity index is 367. The van der Waals surface area contributed by atoms with Crippen molar-refractivity contribution in [2.75, 3.05) is 30.3 Å². The zero-order chi connectivity index (χ0) is 11.5. The van der Waals surface area contributed by atoms with Crippen LogP contribution in [0.2, 0.25) is 0 Å². The van der Waals surface area contributed by atoms with E-state index in [-0.39, 0.29) is 6.10 Å². The van der Waals surface area contributed by atoms with E-state index in [9.17, 15) is 0 Å². The lowest BCUT2D eigenvalue weighted by atomic mass is 10.2. The van der Waals surface area contributed by atoms with Crippen molar-refractivity contribution >= 4 is 11.5 Å². The monoisotopic (exact) mass is 221 g/mol. The Morgan fingerprint density at radius 1 is 1.56 bits per heavy atom. The number of nitrogen functional groups attached to an aromatic ring is 1. The van der Waals surface area contributed by atoms with Crippen molar-refractivity contribution in [2.45, 2.75) is 26.4 Å². The van der Waals surface area contributed by atoms with Gasteiger partial charge in [0.15, 0.2) is 5.82 Å². The highest BCUT2D eigenvalue weighted by Gasteiger charge is 2.18. The van der Waals surface area contributed by atoms with Crippen molar-refractivity contribution in [1.29, 1.82) is 0 Å². The molecular weight excluding hydrogens is 202 g/mol. The van der Waals surface area contributed by atoms with Crippen LogP contribution in [0.1, 0.15) is 18.9 Å². The second-order valence-corrected chi connectivity index (χ2v) is 4.41. The van der Waals surface area contributed by atoms with Gasteiger partial charge in [-0.25, -0.2) is 4.98 Å². The van der Waals surface area contributed by atoms with Crippen molar-refractivity contribution in [3.63, 3.8) is 0 Å². The molecule has 0 radical (unpaired) electrons. The van der Waals surface area contributed by atoms with Crippen molar-refractivity contribution in [2.24, 2.45) is 0 Å². The van der Waals surface area contributed by atoms with Crippen LogP contribution in [0.25, 0.3) is 0 Å². The van der Waals surface area contributed by atoms with Crippen LogP contribution in [-0.4, -0.2) is 30.8 Å². The predicted octanol–water partition coefficient (Wildman–Crippen LogP) is 1.59. The van der Waals surface area contributed by atoms with Gasteiger partial charge >= 0.3 is 0 Å². The van der Waals surface area contributed by atoms with Gasteiger partial charge in [-0.05, 0) is 31.9 Å². The van der Waals surface area contributed by atoms with Gasteiger partial charge in [-0.1, -0.05) is 0 Å². The summed E-state index contributed by atoms with van der Waals surface area (Å²) in [5.41, 5.74) is 7.86. The number of ether oxygens (including phenoxy) is 1. The number of pyridine rings is 1. The number of anilines is 2. The molecule has 1 saturated heterocycles. The number of aromatic nitrogens is 1. The highest BCUT2D eigenvalue weighted by atomic mass is 16.5. The van der Waals surface area contributed by atoms with E-state index < -0.39 is 0 Å². The smallest absolute Gasteiger partial charge is 0.151 e. The molecule has 2 N–H and O–H groups in total. The van der Waals surface area contributed by atoms with E-state index in [0.717, 1.165) is 43.2 Å². The predicted molar refractivity (Wildman–Crippen MR) is 65.6 cm³/mol. The topological polar surface area (TPSA) is 51.4 Å². The number of hydrogen-bond acceptors (Lipinski definition) is 4. The van der Waals surface area contributed by atoms with Gasteiger partial charge in [-0.15, -0.1) is 0 Å². The summed E-state index contributed by atoms with van der Waals surface area (Å²) >= 11 is 0. The maximum absolute atomic E-state index is 6.00. The molecule has 0 bridgehead atoms. The second-order valence-electron chi connectivity index (χ2n) is 4.41. The molecule has 16 heavy (non-hydrogen) atoms. The molecule has 0 aliphatic carbocycles. The molecule has 4 heteroatoms. The quantitative estimate of drug-likeness (QED) is 0.782. The van der Waals surface area contributed by atoms with Crippen LogP contribution >= 0.6 is 0 Å². The third-order valence-electron chi connectivity index (χ3n) is 2.78. The molecule has 0 amide bonds. The molecule has 1 aliphatic rings. The molecule has 1 aromatic heterocycles. The van der Waals surface area contributed by atoms with Crippen LogP contribution in [0.4, 0.5) is 11.5 Å². The van der Waals surface area contributed by atoms with Gasteiger partial charge in [0.2, 0.25) is 0 Å². The minimum atomic E-state index is 0.241. The lowest BCUT2D eigenvalue weighted by Crippen LogP contribution is -2.31. The Kier molecular flexibility index (Phi) is 3.29. The number of hydrogen-bond donors (Lipinski definition) is 1. The summed E-state index contributed by atoms with van der Waals surface area (Å²) in [6.07, 6.45) is 3.13. The van der Waals surface area contributed by atoms with E-state index in [4.69, 9.17) is 10.5 Å². The average Bonchev–Trinajstić information content (AvgIpc) is 2.43. The van der Waals surface area contributed by atoms with E-state index in [2.05, 4.69) is 16.8 Å². The molecule has 1 aliphatic heterocycles. The van der Waals surface area contributed by atoms with Crippen LogP contribution in [0, 0.1) is 6.92 Å². The molecule has 1 fully saturated rings. The van der Waals surface area contributed by atoms with Crippen molar-refractivity contribution in [1.82, 2.24) is 4.98 Å². The maximum Gasteiger partial charge on any atom is 0.151 e. The third kappa shape index (κ3) is 2.44. The zero-order valence-corrected chi connectivity index (χ0v) is 9.94. The molecular formula is C12H19N3O. The molecule has 0 saturated carbocycles. The first-order valence-electron chi connectivity index (χ1n) is 5.75. The summed E-state index contributed by atoms with van der Waals surface area (Å²) in [6.45, 7) is 6.73. The van der Waals surface area contributed by atoms with Gasteiger partial charge in [0, 0.05) is 25.9 Å². The van der Waals surface area contributed by atoms with Crippen LogP contribution in [0.5, 0.6) is 0 Å². The number of nitrogens with zero attached hydrogens (tertiary/aromatic N) is 2.